The number of rotatable bonds is 12. The Labute approximate surface area is 234 Å². The van der Waals surface area contributed by atoms with Crippen LogP contribution < -0.4 is 19.5 Å². The summed E-state index contributed by atoms with van der Waals surface area (Å²) in [7, 11) is 2.91. The monoisotopic (exact) mass is 570 g/mol. The zero-order valence-corrected chi connectivity index (χ0v) is 22.6. The van der Waals surface area contributed by atoms with E-state index in [0.717, 1.165) is 0 Å². The SMILES string of the molecule is COc1cc(C(=O)NCC(O)(Cn2ccnc2)c2ccc(OC)c(-c3ccc(F)c(Cl)c3)n2)ccc1OCCO. The zero-order chi connectivity index (χ0) is 28.7. The number of hydrogen-bond acceptors (Lipinski definition) is 8. The molecule has 0 radical (unpaired) electrons. The Hall–Kier alpha value is -4.19. The Bertz CT molecular complexity index is 1470. The number of amides is 1. The predicted octanol–water partition coefficient (Wildman–Crippen LogP) is 3.44. The first kappa shape index (κ1) is 28.8. The molecule has 10 nitrogen and oxygen atoms in total. The van der Waals surface area contributed by atoms with Crippen LogP contribution >= 0.6 is 11.6 Å². The van der Waals surface area contributed by atoms with Crippen molar-refractivity contribution in [1.29, 1.82) is 0 Å². The summed E-state index contributed by atoms with van der Waals surface area (Å²) in [5.74, 6) is 0.0189. The molecule has 1 unspecified atom stereocenters. The van der Waals surface area contributed by atoms with Gasteiger partial charge in [0.05, 0.1) is 51.0 Å². The van der Waals surface area contributed by atoms with E-state index >= 15 is 0 Å². The Morgan fingerprint density at radius 2 is 1.88 bits per heavy atom. The maximum atomic E-state index is 13.8. The van der Waals surface area contributed by atoms with Crippen LogP contribution in [-0.2, 0) is 12.1 Å². The lowest BCUT2D eigenvalue weighted by Crippen LogP contribution is -2.44. The summed E-state index contributed by atoms with van der Waals surface area (Å²) in [5, 5.41) is 23.6. The Morgan fingerprint density at radius 1 is 1.10 bits per heavy atom. The summed E-state index contributed by atoms with van der Waals surface area (Å²) < 4.78 is 31.7. The molecule has 0 saturated heterocycles. The molecule has 40 heavy (non-hydrogen) atoms. The summed E-state index contributed by atoms with van der Waals surface area (Å²) in [6.45, 7) is -0.314. The molecule has 0 aliphatic carbocycles. The van der Waals surface area contributed by atoms with E-state index in [1.165, 1.54) is 44.8 Å². The van der Waals surface area contributed by atoms with E-state index in [1.807, 2.05) is 0 Å². The van der Waals surface area contributed by atoms with Gasteiger partial charge in [0.2, 0.25) is 0 Å². The van der Waals surface area contributed by atoms with Crippen molar-refractivity contribution in [2.24, 2.45) is 0 Å². The van der Waals surface area contributed by atoms with Gasteiger partial charge in [-0.3, -0.25) is 4.79 Å². The van der Waals surface area contributed by atoms with Crippen LogP contribution in [0.2, 0.25) is 5.02 Å². The fraction of sp³-hybridized carbons (Fsp3) is 0.250. The van der Waals surface area contributed by atoms with Crippen LogP contribution in [0.4, 0.5) is 4.39 Å². The highest BCUT2D eigenvalue weighted by Gasteiger charge is 2.33. The van der Waals surface area contributed by atoms with Gasteiger partial charge in [-0.05, 0) is 48.5 Å². The van der Waals surface area contributed by atoms with Gasteiger partial charge in [0.15, 0.2) is 11.5 Å². The molecule has 210 valence electrons. The van der Waals surface area contributed by atoms with E-state index in [4.69, 9.17) is 30.9 Å². The maximum absolute atomic E-state index is 13.8. The minimum absolute atomic E-state index is 0.00742. The number of ether oxygens (including phenoxy) is 3. The lowest BCUT2D eigenvalue weighted by atomic mass is 9.97. The molecule has 2 aromatic heterocycles. The van der Waals surface area contributed by atoms with Crippen LogP contribution in [0.1, 0.15) is 16.1 Å². The fourth-order valence-corrected chi connectivity index (χ4v) is 4.22. The van der Waals surface area contributed by atoms with E-state index in [2.05, 4.69) is 15.3 Å². The second-order valence-corrected chi connectivity index (χ2v) is 9.17. The summed E-state index contributed by atoms with van der Waals surface area (Å²) in [4.78, 5) is 21.8. The number of methoxy groups -OCH3 is 2. The van der Waals surface area contributed by atoms with Crippen molar-refractivity contribution in [3.8, 4) is 28.5 Å². The quantitative estimate of drug-likeness (QED) is 0.236. The zero-order valence-electron chi connectivity index (χ0n) is 21.8. The lowest BCUT2D eigenvalue weighted by molar-refractivity contribution is 0.0146. The number of aliphatic hydroxyl groups is 2. The summed E-state index contributed by atoms with van der Waals surface area (Å²) in [6, 6.07) is 12.0. The van der Waals surface area contributed by atoms with Gasteiger partial charge in [-0.25, -0.2) is 14.4 Å². The third kappa shape index (κ3) is 6.50. The molecule has 2 heterocycles. The molecule has 4 rings (SSSR count). The van der Waals surface area contributed by atoms with Gasteiger partial charge in [-0.15, -0.1) is 0 Å². The van der Waals surface area contributed by atoms with E-state index in [-0.39, 0.29) is 42.6 Å². The number of carbonyl (C=O) groups is 1. The van der Waals surface area contributed by atoms with Crippen molar-refractivity contribution in [1.82, 2.24) is 19.9 Å². The van der Waals surface area contributed by atoms with E-state index in [0.29, 0.717) is 28.5 Å². The van der Waals surface area contributed by atoms with Crippen molar-refractivity contribution in [2.75, 3.05) is 34.0 Å². The van der Waals surface area contributed by atoms with Crippen LogP contribution in [0.25, 0.3) is 11.3 Å². The summed E-state index contributed by atoms with van der Waals surface area (Å²) >= 11 is 6.00. The van der Waals surface area contributed by atoms with Crippen molar-refractivity contribution < 1.29 is 33.6 Å². The minimum atomic E-state index is -1.70. The van der Waals surface area contributed by atoms with Gasteiger partial charge in [-0.2, -0.15) is 0 Å². The van der Waals surface area contributed by atoms with Gasteiger partial charge in [0.1, 0.15) is 29.5 Å². The number of halogens is 2. The van der Waals surface area contributed by atoms with Gasteiger partial charge >= 0.3 is 0 Å². The summed E-state index contributed by atoms with van der Waals surface area (Å²) in [5.41, 5.74) is -0.393. The molecule has 0 aliphatic rings. The van der Waals surface area contributed by atoms with Gasteiger partial charge < -0.3 is 34.3 Å². The van der Waals surface area contributed by atoms with E-state index in [9.17, 15) is 14.3 Å². The van der Waals surface area contributed by atoms with Crippen LogP contribution in [0.3, 0.4) is 0 Å². The molecule has 0 saturated carbocycles. The topological polar surface area (TPSA) is 128 Å². The summed E-state index contributed by atoms with van der Waals surface area (Å²) in [6.07, 6.45) is 4.78. The van der Waals surface area contributed by atoms with Crippen LogP contribution in [0.15, 0.2) is 67.3 Å². The molecular formula is C28H28ClFN4O6. The highest BCUT2D eigenvalue weighted by Crippen LogP contribution is 2.34. The Kier molecular flexibility index (Phi) is 9.20. The lowest BCUT2D eigenvalue weighted by Gasteiger charge is -2.29. The van der Waals surface area contributed by atoms with Crippen molar-refractivity contribution in [3.63, 3.8) is 0 Å². The molecule has 3 N–H and O–H groups in total. The Morgan fingerprint density at radius 3 is 2.55 bits per heavy atom. The third-order valence-corrected chi connectivity index (χ3v) is 6.36. The number of benzene rings is 2. The molecule has 0 fully saturated rings. The number of aromatic nitrogens is 3. The van der Waals surface area contributed by atoms with Gasteiger partial charge in [0, 0.05) is 23.5 Å². The van der Waals surface area contributed by atoms with E-state index in [1.54, 1.807) is 41.2 Å². The van der Waals surface area contributed by atoms with Crippen LogP contribution in [0.5, 0.6) is 17.2 Å². The molecule has 12 heteroatoms. The standard InChI is InChI=1S/C28H28ClFN4O6/c1-38-23-7-8-25(33-26(23)18-3-5-21(30)20(29)13-18)28(37,16-34-10-9-31-17-34)15-32-27(36)19-4-6-22(40-12-11-35)24(14-19)39-2/h3-10,13-14,17,35,37H,11-12,15-16H2,1-2H3,(H,32,36). The van der Waals surface area contributed by atoms with Crippen molar-refractivity contribution in [2.45, 2.75) is 12.1 Å². The number of nitrogens with zero attached hydrogens (tertiary/aromatic N) is 3. The second-order valence-electron chi connectivity index (χ2n) is 8.76. The first-order chi connectivity index (χ1) is 19.3. The van der Waals surface area contributed by atoms with E-state index < -0.39 is 17.3 Å². The number of pyridine rings is 1. The molecule has 2 aromatic carbocycles. The number of aliphatic hydroxyl groups excluding tert-OH is 1. The average molecular weight is 571 g/mol. The maximum Gasteiger partial charge on any atom is 0.251 e. The molecular weight excluding hydrogens is 543 g/mol. The first-order valence-electron chi connectivity index (χ1n) is 12.2. The van der Waals surface area contributed by atoms with Crippen molar-refractivity contribution >= 4 is 17.5 Å². The normalized spacial score (nSPS) is 12.4. The number of nitrogens with one attached hydrogen (secondary N) is 1. The average Bonchev–Trinajstić information content (AvgIpc) is 3.48. The number of carbonyl (C=O) groups excluding carboxylic acids is 1. The first-order valence-corrected chi connectivity index (χ1v) is 12.5. The smallest absolute Gasteiger partial charge is 0.251 e. The Balaban J connectivity index is 1.65. The van der Waals surface area contributed by atoms with Gasteiger partial charge in [0.25, 0.3) is 5.91 Å². The number of hydrogen-bond donors (Lipinski definition) is 3. The molecule has 0 spiro atoms. The van der Waals surface area contributed by atoms with Crippen LogP contribution in [0, 0.1) is 5.82 Å². The molecule has 1 atom stereocenters. The van der Waals surface area contributed by atoms with Crippen molar-refractivity contribution in [3.05, 3.63) is 89.3 Å². The largest absolute Gasteiger partial charge is 0.494 e. The second kappa shape index (κ2) is 12.8. The predicted molar refractivity (Wildman–Crippen MR) is 145 cm³/mol. The molecule has 4 aromatic rings. The minimum Gasteiger partial charge on any atom is -0.494 e. The fourth-order valence-electron chi connectivity index (χ4n) is 4.04. The highest BCUT2D eigenvalue weighted by atomic mass is 35.5. The highest BCUT2D eigenvalue weighted by molar-refractivity contribution is 6.31. The molecule has 0 bridgehead atoms. The molecule has 0 aliphatic heterocycles. The molecule has 1 amide bonds. The number of imidazole rings is 1. The van der Waals surface area contributed by atoms with Gasteiger partial charge in [-0.1, -0.05) is 11.6 Å². The van der Waals surface area contributed by atoms with Crippen LogP contribution in [-0.4, -0.2) is 64.6 Å². The third-order valence-electron chi connectivity index (χ3n) is 6.07.